The maximum atomic E-state index is 12.1. The number of nitrogens with one attached hydrogen (secondary N) is 3. The molecule has 0 saturated heterocycles. The van der Waals surface area contributed by atoms with E-state index in [9.17, 15) is 18.6 Å². The molecule has 2 fully saturated rings. The van der Waals surface area contributed by atoms with E-state index in [2.05, 4.69) is 20.3 Å². The molecule has 5 rings (SSSR count). The van der Waals surface area contributed by atoms with Crippen LogP contribution in [0.4, 0.5) is 11.8 Å². The number of pyridine rings is 1. The van der Waals surface area contributed by atoms with Gasteiger partial charge in [-0.05, 0) is 59.1 Å². The summed E-state index contributed by atoms with van der Waals surface area (Å²) in [5, 5.41) is 28.8. The highest BCUT2D eigenvalue weighted by atomic mass is 32.2. The van der Waals surface area contributed by atoms with Crippen LogP contribution in [-0.4, -0.2) is 76.2 Å². The van der Waals surface area contributed by atoms with Crippen molar-refractivity contribution < 1.29 is 18.6 Å². The summed E-state index contributed by atoms with van der Waals surface area (Å²) in [6.45, 7) is 6.57. The van der Waals surface area contributed by atoms with E-state index in [1.807, 2.05) is 26.8 Å². The van der Waals surface area contributed by atoms with E-state index in [1.165, 1.54) is 31.2 Å². The van der Waals surface area contributed by atoms with E-state index in [1.54, 1.807) is 0 Å². The molecule has 2 aliphatic rings. The number of anilines is 2. The van der Waals surface area contributed by atoms with Crippen LogP contribution in [0, 0.1) is 32.6 Å². The average molecular weight is 548 g/mol. The zero-order valence-electron chi connectivity index (χ0n) is 21.3. The molecule has 0 aromatic carbocycles. The van der Waals surface area contributed by atoms with Crippen LogP contribution < -0.4 is 15.4 Å². The molecular formula is C24H33N7O4S2. The van der Waals surface area contributed by atoms with Gasteiger partial charge in [0.1, 0.15) is 22.4 Å². The van der Waals surface area contributed by atoms with Gasteiger partial charge in [-0.15, -0.1) is 11.3 Å². The number of aromatic nitrogens is 4. The third-order valence-electron chi connectivity index (χ3n) is 7.10. The highest BCUT2D eigenvalue weighted by Gasteiger charge is 2.43. The van der Waals surface area contributed by atoms with Crippen molar-refractivity contribution in [3.8, 4) is 10.6 Å². The summed E-state index contributed by atoms with van der Waals surface area (Å²) in [5.74, 6) is 0.703. The van der Waals surface area contributed by atoms with Crippen molar-refractivity contribution in [2.24, 2.45) is 11.8 Å². The fourth-order valence-electron chi connectivity index (χ4n) is 4.88. The predicted octanol–water partition coefficient (Wildman–Crippen LogP) is 1.97. The Kier molecular flexibility index (Phi) is 7.09. The molecule has 0 bridgehead atoms. The van der Waals surface area contributed by atoms with Crippen molar-refractivity contribution in [2.45, 2.75) is 58.3 Å². The molecule has 200 valence electrons. The van der Waals surface area contributed by atoms with Crippen molar-refractivity contribution in [3.63, 3.8) is 0 Å². The van der Waals surface area contributed by atoms with Gasteiger partial charge in [0.15, 0.2) is 0 Å². The molecule has 0 radical (unpaired) electrons. The predicted molar refractivity (Wildman–Crippen MR) is 144 cm³/mol. The van der Waals surface area contributed by atoms with Crippen LogP contribution in [0.25, 0.3) is 20.8 Å². The lowest BCUT2D eigenvalue weighted by Gasteiger charge is -2.21. The lowest BCUT2D eigenvalue weighted by atomic mass is 10.1. The lowest BCUT2D eigenvalue weighted by Crippen LogP contribution is -2.37. The minimum Gasteiger partial charge on any atom is -0.390 e. The average Bonchev–Trinajstić information content (AvgIpc) is 3.52. The highest BCUT2D eigenvalue weighted by molar-refractivity contribution is 7.89. The van der Waals surface area contributed by atoms with Crippen molar-refractivity contribution in [1.82, 2.24) is 24.7 Å². The van der Waals surface area contributed by atoms with Gasteiger partial charge >= 0.3 is 0 Å². The second-order valence-electron chi connectivity index (χ2n) is 10.1. The first-order valence-electron chi connectivity index (χ1n) is 12.5. The molecule has 0 amide bonds. The number of rotatable bonds is 9. The van der Waals surface area contributed by atoms with E-state index < -0.39 is 34.2 Å². The second-order valence-corrected chi connectivity index (χ2v) is 13.1. The smallest absolute Gasteiger partial charge is 0.224 e. The summed E-state index contributed by atoms with van der Waals surface area (Å²) < 4.78 is 27.5. The fraction of sp³-hybridized carbons (Fsp3) is 0.583. The van der Waals surface area contributed by atoms with Gasteiger partial charge in [0, 0.05) is 18.2 Å². The molecule has 3 aromatic heterocycles. The molecular weight excluding hydrogens is 514 g/mol. The van der Waals surface area contributed by atoms with E-state index >= 15 is 0 Å². The van der Waals surface area contributed by atoms with Crippen LogP contribution in [0.15, 0.2) is 6.07 Å². The quantitative estimate of drug-likeness (QED) is 0.268. The van der Waals surface area contributed by atoms with Gasteiger partial charge in [0.05, 0.1) is 39.5 Å². The van der Waals surface area contributed by atoms with Crippen molar-refractivity contribution >= 4 is 43.3 Å². The summed E-state index contributed by atoms with van der Waals surface area (Å²) >= 11 is 1.52. The van der Waals surface area contributed by atoms with Gasteiger partial charge in [-0.1, -0.05) is 0 Å². The molecule has 2 aliphatic carbocycles. The molecule has 0 unspecified atom stereocenters. The SMILES string of the molecule is CNS(=O)(=O)C[C@H]1C[C@@H](Nc2nc(NCC3CC3)nc(C)c2-c2nc3c(C)nc(C)cc3s2)[C@H](O)[C@@H]1O. The van der Waals surface area contributed by atoms with Crippen molar-refractivity contribution in [2.75, 3.05) is 30.0 Å². The first-order valence-corrected chi connectivity index (χ1v) is 14.9. The van der Waals surface area contributed by atoms with E-state index in [0.29, 0.717) is 23.2 Å². The number of sulfonamides is 1. The Morgan fingerprint density at radius 1 is 1.05 bits per heavy atom. The number of fused-ring (bicyclic) bond motifs is 1. The van der Waals surface area contributed by atoms with Gasteiger partial charge in [-0.2, -0.15) is 4.98 Å². The van der Waals surface area contributed by atoms with Crippen LogP contribution >= 0.6 is 11.3 Å². The lowest BCUT2D eigenvalue weighted by molar-refractivity contribution is 0.0216. The fourth-order valence-corrected chi connectivity index (χ4v) is 7.15. The third kappa shape index (κ3) is 5.55. The van der Waals surface area contributed by atoms with Gasteiger partial charge in [0.2, 0.25) is 16.0 Å². The van der Waals surface area contributed by atoms with E-state index in [4.69, 9.17) is 15.0 Å². The number of nitrogens with zero attached hydrogens (tertiary/aromatic N) is 4. The molecule has 2 saturated carbocycles. The number of hydrogen-bond donors (Lipinski definition) is 5. The molecule has 3 aromatic rings. The highest BCUT2D eigenvalue weighted by Crippen LogP contribution is 2.39. The minimum atomic E-state index is -3.55. The Morgan fingerprint density at radius 3 is 2.51 bits per heavy atom. The van der Waals surface area contributed by atoms with E-state index in [-0.39, 0.29) is 12.2 Å². The summed E-state index contributed by atoms with van der Waals surface area (Å²) in [6.07, 6.45) is 0.303. The van der Waals surface area contributed by atoms with Gasteiger partial charge in [-0.25, -0.2) is 23.1 Å². The molecule has 13 heteroatoms. The first kappa shape index (κ1) is 26.2. The molecule has 5 N–H and O–H groups in total. The Bertz CT molecular complexity index is 1420. The van der Waals surface area contributed by atoms with Crippen molar-refractivity contribution in [1.29, 1.82) is 0 Å². The minimum absolute atomic E-state index is 0.263. The summed E-state index contributed by atoms with van der Waals surface area (Å²) in [5.41, 5.74) is 4.01. The number of thiazole rings is 1. The Balaban J connectivity index is 1.51. The zero-order chi connectivity index (χ0) is 26.5. The van der Waals surface area contributed by atoms with Crippen LogP contribution in [0.3, 0.4) is 0 Å². The summed E-state index contributed by atoms with van der Waals surface area (Å²) in [6, 6.07) is 1.40. The van der Waals surface area contributed by atoms with Gasteiger partial charge < -0.3 is 20.8 Å². The Hall–Kier alpha value is -2.45. The van der Waals surface area contributed by atoms with E-state index in [0.717, 1.165) is 38.9 Å². The summed E-state index contributed by atoms with van der Waals surface area (Å²) in [4.78, 5) is 18.8. The van der Waals surface area contributed by atoms with Crippen LogP contribution in [-0.2, 0) is 10.0 Å². The molecule has 11 nitrogen and oxygen atoms in total. The molecule has 3 heterocycles. The number of hydrogen-bond acceptors (Lipinski definition) is 11. The molecule has 0 aliphatic heterocycles. The number of aliphatic hydroxyl groups excluding tert-OH is 2. The largest absolute Gasteiger partial charge is 0.390 e. The second kappa shape index (κ2) is 10.0. The molecule has 4 atom stereocenters. The summed E-state index contributed by atoms with van der Waals surface area (Å²) in [7, 11) is -2.21. The Morgan fingerprint density at radius 2 is 1.81 bits per heavy atom. The maximum absolute atomic E-state index is 12.1. The zero-order valence-corrected chi connectivity index (χ0v) is 22.9. The maximum Gasteiger partial charge on any atom is 0.224 e. The van der Waals surface area contributed by atoms with Gasteiger partial charge in [-0.3, -0.25) is 4.98 Å². The monoisotopic (exact) mass is 547 g/mol. The van der Waals surface area contributed by atoms with Crippen molar-refractivity contribution in [3.05, 3.63) is 23.1 Å². The molecule has 0 spiro atoms. The van der Waals surface area contributed by atoms with Crippen LogP contribution in [0.1, 0.15) is 36.3 Å². The molecule has 37 heavy (non-hydrogen) atoms. The Labute approximate surface area is 220 Å². The van der Waals surface area contributed by atoms with Crippen LogP contribution in [0.5, 0.6) is 0 Å². The standard InChI is InChI=1S/C24H33N7O4S2/c1-11-7-17-19(13(3)27-11)30-23(36-17)18-12(2)28-24(26-9-14-5-6-14)31-22(18)29-16-8-15(20(32)21(16)33)10-37(34,35)25-4/h7,14-16,20-21,25,32-33H,5-6,8-10H2,1-4H3,(H2,26,28,29,31)/t15-,16-,20-,21+/m1/s1. The third-order valence-corrected chi connectivity index (χ3v) is 9.61. The number of aryl methyl sites for hydroxylation is 3. The normalized spacial score (nSPS) is 24.1. The van der Waals surface area contributed by atoms with Crippen LogP contribution in [0.2, 0.25) is 0 Å². The van der Waals surface area contributed by atoms with Gasteiger partial charge in [0.25, 0.3) is 0 Å². The topological polar surface area (TPSA) is 162 Å². The first-order chi connectivity index (χ1) is 17.5. The number of aliphatic hydroxyl groups is 2.